The molecule has 1 unspecified atom stereocenters. The largest absolute Gasteiger partial charge is 0.464 e. The molecule has 0 bridgehead atoms. The number of halogens is 1. The van der Waals surface area contributed by atoms with Crippen molar-refractivity contribution in [3.8, 4) is 0 Å². The van der Waals surface area contributed by atoms with Crippen LogP contribution in [0.1, 0.15) is 51.3 Å². The molecule has 0 aliphatic rings. The molecule has 0 saturated carbocycles. The predicted molar refractivity (Wildman–Crippen MR) is 121 cm³/mol. The Kier molecular flexibility index (Phi) is 8.10. The summed E-state index contributed by atoms with van der Waals surface area (Å²) in [6.45, 7) is 11.0. The summed E-state index contributed by atoms with van der Waals surface area (Å²) in [5.74, 6) is -1.01. The second kappa shape index (κ2) is 10.1. The predicted octanol–water partition coefficient (Wildman–Crippen LogP) is 5.15. The first kappa shape index (κ1) is 24.0. The highest BCUT2D eigenvalue weighted by atomic mass is 32.2. The number of alkyl halides is 1. The Bertz CT molecular complexity index is 880. The van der Waals surface area contributed by atoms with Crippen LogP contribution in [0.4, 0.5) is 4.39 Å². The zero-order valence-electron chi connectivity index (χ0n) is 18.0. The number of benzene rings is 2. The van der Waals surface area contributed by atoms with Gasteiger partial charge in [0, 0.05) is 6.42 Å². The van der Waals surface area contributed by atoms with Crippen molar-refractivity contribution in [2.24, 2.45) is 0 Å². The van der Waals surface area contributed by atoms with E-state index in [2.05, 4.69) is 11.3 Å². The van der Waals surface area contributed by atoms with Crippen LogP contribution in [0.3, 0.4) is 0 Å². The molecule has 0 heterocycles. The number of carbonyl (C=O) groups excluding carboxylic acids is 1. The second-order valence-corrected chi connectivity index (χ2v) is 10.1. The lowest BCUT2D eigenvalue weighted by molar-refractivity contribution is -0.159. The van der Waals surface area contributed by atoms with Gasteiger partial charge >= 0.3 is 5.97 Å². The first-order valence-corrected chi connectivity index (χ1v) is 11.1. The summed E-state index contributed by atoms with van der Waals surface area (Å²) in [5, 5.41) is 0. The highest BCUT2D eigenvalue weighted by Gasteiger charge is 2.50. The minimum Gasteiger partial charge on any atom is -0.464 e. The summed E-state index contributed by atoms with van der Waals surface area (Å²) in [7, 11) is -1.62. The Morgan fingerprint density at radius 2 is 1.63 bits per heavy atom. The maximum atomic E-state index is 16.7. The maximum Gasteiger partial charge on any atom is 0.346 e. The van der Waals surface area contributed by atoms with Gasteiger partial charge in [0.25, 0.3) is 0 Å². The minimum absolute atomic E-state index is 0.0339. The SMILES string of the molecule is C=C(C[C@](F)(C(=O)OCC)[C@@H](NS(=O)C(C)(C)C)c1ccccc1)c1ccccc1. The number of hydrogen-bond donors (Lipinski definition) is 1. The van der Waals surface area contributed by atoms with Crippen LogP contribution in [0.2, 0.25) is 0 Å². The number of hydrogen-bond acceptors (Lipinski definition) is 3. The second-order valence-electron chi connectivity index (χ2n) is 8.07. The molecule has 0 radical (unpaired) electrons. The number of allylic oxidation sites excluding steroid dienone is 1. The topological polar surface area (TPSA) is 55.4 Å². The smallest absolute Gasteiger partial charge is 0.346 e. The monoisotopic (exact) mass is 431 g/mol. The number of nitrogens with one attached hydrogen (secondary N) is 1. The van der Waals surface area contributed by atoms with Gasteiger partial charge in [0.05, 0.1) is 28.4 Å². The lowest BCUT2D eigenvalue weighted by Crippen LogP contribution is -2.50. The van der Waals surface area contributed by atoms with Crippen LogP contribution in [0.25, 0.3) is 5.57 Å². The molecule has 0 aliphatic carbocycles. The summed E-state index contributed by atoms with van der Waals surface area (Å²) in [6.07, 6.45) is -0.302. The Balaban J connectivity index is 2.53. The highest BCUT2D eigenvalue weighted by Crippen LogP contribution is 2.39. The van der Waals surface area contributed by atoms with E-state index in [1.807, 2.05) is 30.3 Å². The molecule has 0 aliphatic heterocycles. The van der Waals surface area contributed by atoms with E-state index >= 15 is 4.39 Å². The molecule has 0 fully saturated rings. The molecule has 6 heteroatoms. The van der Waals surface area contributed by atoms with Gasteiger partial charge < -0.3 is 4.74 Å². The number of rotatable bonds is 9. The maximum absolute atomic E-state index is 16.7. The molecule has 30 heavy (non-hydrogen) atoms. The molecule has 3 atom stereocenters. The zero-order chi connectivity index (χ0) is 22.4. The molecule has 2 aromatic rings. The minimum atomic E-state index is -2.51. The van der Waals surface area contributed by atoms with Crippen molar-refractivity contribution in [2.75, 3.05) is 6.61 Å². The van der Waals surface area contributed by atoms with E-state index in [4.69, 9.17) is 4.74 Å². The first-order valence-electron chi connectivity index (χ1n) is 9.92. The summed E-state index contributed by atoms with van der Waals surface area (Å²) < 4.78 is 36.9. The molecule has 0 amide bonds. The van der Waals surface area contributed by atoms with Crippen molar-refractivity contribution in [1.29, 1.82) is 0 Å². The van der Waals surface area contributed by atoms with E-state index < -0.39 is 33.4 Å². The van der Waals surface area contributed by atoms with Gasteiger partial charge in [-0.1, -0.05) is 67.2 Å². The third-order valence-corrected chi connectivity index (χ3v) is 6.20. The van der Waals surface area contributed by atoms with Gasteiger partial charge in [-0.3, -0.25) is 0 Å². The van der Waals surface area contributed by atoms with E-state index in [9.17, 15) is 9.00 Å². The van der Waals surface area contributed by atoms with Gasteiger partial charge in [-0.2, -0.15) is 0 Å². The molecule has 162 valence electrons. The van der Waals surface area contributed by atoms with Gasteiger partial charge in [-0.15, -0.1) is 0 Å². The van der Waals surface area contributed by atoms with Gasteiger partial charge in [0.2, 0.25) is 5.67 Å². The van der Waals surface area contributed by atoms with Crippen LogP contribution in [-0.2, 0) is 20.5 Å². The molecular formula is C24H30FNO3S. The lowest BCUT2D eigenvalue weighted by atomic mass is 9.84. The van der Waals surface area contributed by atoms with E-state index in [0.717, 1.165) is 5.56 Å². The Labute approximate surface area is 181 Å². The Morgan fingerprint density at radius 1 is 1.10 bits per heavy atom. The molecule has 4 nitrogen and oxygen atoms in total. The lowest BCUT2D eigenvalue weighted by Gasteiger charge is -2.34. The summed E-state index contributed by atoms with van der Waals surface area (Å²) in [4.78, 5) is 12.9. The Hall–Kier alpha value is -2.31. The highest BCUT2D eigenvalue weighted by molar-refractivity contribution is 7.84. The molecule has 1 N–H and O–H groups in total. The summed E-state index contributed by atoms with van der Waals surface area (Å²) >= 11 is 0. The number of ether oxygens (including phenoxy) is 1. The molecular weight excluding hydrogens is 401 g/mol. The van der Waals surface area contributed by atoms with Gasteiger partial charge in [0.15, 0.2) is 0 Å². The van der Waals surface area contributed by atoms with Crippen molar-refractivity contribution in [3.05, 3.63) is 78.4 Å². The van der Waals surface area contributed by atoms with Gasteiger partial charge in [0.1, 0.15) is 0 Å². The van der Waals surface area contributed by atoms with E-state index in [1.165, 1.54) is 0 Å². The number of esters is 1. The quantitative estimate of drug-likeness (QED) is 0.559. The fourth-order valence-corrected chi connectivity index (χ4v) is 3.88. The Morgan fingerprint density at radius 3 is 2.13 bits per heavy atom. The molecule has 0 spiro atoms. The molecule has 0 aromatic heterocycles. The fraction of sp³-hybridized carbons (Fsp3) is 0.375. The standard InChI is InChI=1S/C24H30FNO3S/c1-6-29-22(27)24(25,17-18(2)19-13-9-7-10-14-19)21(20-15-11-8-12-16-20)26-30(28)23(3,4)5/h7-16,21,26H,2,6,17H2,1,3-5H3/t21-,24+,30?/m0/s1. The third kappa shape index (κ3) is 5.86. The van der Waals surface area contributed by atoms with Crippen LogP contribution in [0, 0.1) is 0 Å². The van der Waals surface area contributed by atoms with Crippen molar-refractivity contribution in [3.63, 3.8) is 0 Å². The fourth-order valence-electron chi connectivity index (χ4n) is 2.98. The van der Waals surface area contributed by atoms with Crippen molar-refractivity contribution >= 4 is 22.5 Å². The normalized spacial score (nSPS) is 15.6. The van der Waals surface area contributed by atoms with Crippen LogP contribution >= 0.6 is 0 Å². The van der Waals surface area contributed by atoms with E-state index in [-0.39, 0.29) is 13.0 Å². The van der Waals surface area contributed by atoms with E-state index in [1.54, 1.807) is 58.0 Å². The van der Waals surface area contributed by atoms with Crippen molar-refractivity contribution in [2.45, 2.75) is 50.6 Å². The summed E-state index contributed by atoms with van der Waals surface area (Å²) in [5.41, 5.74) is -0.819. The molecule has 0 saturated heterocycles. The third-order valence-electron chi connectivity index (χ3n) is 4.64. The molecule has 2 aromatic carbocycles. The van der Waals surface area contributed by atoms with Gasteiger partial charge in [-0.25, -0.2) is 18.1 Å². The van der Waals surface area contributed by atoms with Crippen LogP contribution in [-0.4, -0.2) is 27.2 Å². The zero-order valence-corrected chi connectivity index (χ0v) is 18.8. The van der Waals surface area contributed by atoms with E-state index in [0.29, 0.717) is 11.1 Å². The van der Waals surface area contributed by atoms with Crippen LogP contribution in [0.15, 0.2) is 67.2 Å². The van der Waals surface area contributed by atoms with Gasteiger partial charge in [-0.05, 0) is 44.4 Å². The average molecular weight is 432 g/mol. The number of carbonyl (C=O) groups is 1. The van der Waals surface area contributed by atoms with Crippen LogP contribution < -0.4 is 4.72 Å². The summed E-state index contributed by atoms with van der Waals surface area (Å²) in [6, 6.07) is 16.7. The van der Waals surface area contributed by atoms with Crippen molar-refractivity contribution in [1.82, 2.24) is 4.72 Å². The molecule has 2 rings (SSSR count). The van der Waals surface area contributed by atoms with Crippen molar-refractivity contribution < 1.29 is 18.1 Å². The average Bonchev–Trinajstić information content (AvgIpc) is 2.72. The first-order chi connectivity index (χ1) is 14.1. The van der Waals surface area contributed by atoms with Crippen LogP contribution in [0.5, 0.6) is 0 Å².